The number of nitrogens with zero attached hydrogens (tertiary/aromatic N) is 3. The van der Waals surface area contributed by atoms with Gasteiger partial charge in [0.1, 0.15) is 5.82 Å². The number of rotatable bonds is 4. The zero-order valence-corrected chi connectivity index (χ0v) is 13.9. The predicted molar refractivity (Wildman–Crippen MR) is 93.8 cm³/mol. The van der Waals surface area contributed by atoms with Crippen molar-refractivity contribution in [1.29, 1.82) is 0 Å². The second-order valence-corrected chi connectivity index (χ2v) is 6.45. The molecule has 0 spiro atoms. The number of amides is 1. The van der Waals surface area contributed by atoms with Gasteiger partial charge in [0.2, 0.25) is 5.91 Å². The highest BCUT2D eigenvalue weighted by Crippen LogP contribution is 2.23. The lowest BCUT2D eigenvalue weighted by molar-refractivity contribution is -0.120. The van der Waals surface area contributed by atoms with Crippen LogP contribution < -0.4 is 10.2 Å². The van der Waals surface area contributed by atoms with E-state index in [0.29, 0.717) is 6.54 Å². The Bertz CT molecular complexity index is 647. The normalized spacial score (nSPS) is 17.8. The molecule has 0 radical (unpaired) electrons. The molecule has 1 fully saturated rings. The van der Waals surface area contributed by atoms with Gasteiger partial charge in [-0.1, -0.05) is 0 Å². The smallest absolute Gasteiger partial charge is 0.229 e. The van der Waals surface area contributed by atoms with Crippen LogP contribution in [0.3, 0.4) is 0 Å². The van der Waals surface area contributed by atoms with Crippen LogP contribution in [0.4, 0.5) is 11.5 Å². The zero-order chi connectivity index (χ0) is 16.1. The summed E-state index contributed by atoms with van der Waals surface area (Å²) in [6.45, 7) is 1.61. The van der Waals surface area contributed by atoms with Crippen molar-refractivity contribution in [3.8, 4) is 0 Å². The lowest BCUT2D eigenvalue weighted by atomic mass is 9.97. The molecule has 1 aromatic heterocycles. The fraction of sp³-hybridized carbons (Fsp3) is 0.353. The molecule has 1 N–H and O–H groups in total. The maximum atomic E-state index is 12.5. The average Bonchev–Trinajstić information content (AvgIpc) is 2.63. The molecule has 120 valence electrons. The van der Waals surface area contributed by atoms with Gasteiger partial charge in [0.15, 0.2) is 0 Å². The number of hydrogen-bond acceptors (Lipinski definition) is 5. The van der Waals surface area contributed by atoms with E-state index < -0.39 is 0 Å². The summed E-state index contributed by atoms with van der Waals surface area (Å²) in [7, 11) is 0. The third kappa shape index (κ3) is 4.01. The zero-order valence-electron chi connectivity index (χ0n) is 13.1. The number of piperidine rings is 1. The van der Waals surface area contributed by atoms with Gasteiger partial charge in [-0.05, 0) is 43.4 Å². The number of carbonyl (C=O) groups excluding carboxylic acids is 1. The van der Waals surface area contributed by atoms with Crippen LogP contribution in [-0.2, 0) is 4.79 Å². The standard InChI is InChI=1S/C17H20N4OS/c1-23-15-6-4-14(5-7-15)20-17(22)13-3-2-10-21(12-13)16-11-18-8-9-19-16/h4-9,11,13H,2-3,10,12H2,1H3,(H,20,22). The van der Waals surface area contributed by atoms with E-state index in [2.05, 4.69) is 20.2 Å². The highest BCUT2D eigenvalue weighted by molar-refractivity contribution is 7.98. The van der Waals surface area contributed by atoms with Crippen molar-refractivity contribution in [3.05, 3.63) is 42.9 Å². The minimum absolute atomic E-state index is 0.0222. The van der Waals surface area contributed by atoms with E-state index in [-0.39, 0.29) is 11.8 Å². The summed E-state index contributed by atoms with van der Waals surface area (Å²) in [5.41, 5.74) is 0.851. The van der Waals surface area contributed by atoms with Crippen LogP contribution in [0.2, 0.25) is 0 Å². The molecule has 1 amide bonds. The van der Waals surface area contributed by atoms with Gasteiger partial charge in [0.05, 0.1) is 12.1 Å². The summed E-state index contributed by atoms with van der Waals surface area (Å²) in [6, 6.07) is 7.94. The molecular formula is C17H20N4OS. The Morgan fingerprint density at radius 1 is 1.30 bits per heavy atom. The summed E-state index contributed by atoms with van der Waals surface area (Å²) >= 11 is 1.69. The van der Waals surface area contributed by atoms with Crippen LogP contribution in [-0.4, -0.2) is 35.2 Å². The van der Waals surface area contributed by atoms with Crippen molar-refractivity contribution in [3.63, 3.8) is 0 Å². The quantitative estimate of drug-likeness (QED) is 0.874. The number of nitrogens with one attached hydrogen (secondary N) is 1. The highest BCUT2D eigenvalue weighted by atomic mass is 32.2. The Labute approximate surface area is 140 Å². The van der Waals surface area contributed by atoms with Crippen molar-refractivity contribution in [2.75, 3.05) is 29.6 Å². The van der Waals surface area contributed by atoms with Crippen LogP contribution in [0.15, 0.2) is 47.8 Å². The molecule has 5 nitrogen and oxygen atoms in total. The van der Waals surface area contributed by atoms with Crippen LogP contribution in [0.1, 0.15) is 12.8 Å². The number of hydrogen-bond donors (Lipinski definition) is 1. The molecule has 1 atom stereocenters. The van der Waals surface area contributed by atoms with E-state index >= 15 is 0 Å². The van der Waals surface area contributed by atoms with E-state index in [9.17, 15) is 4.79 Å². The highest BCUT2D eigenvalue weighted by Gasteiger charge is 2.26. The second kappa shape index (κ2) is 7.46. The third-order valence-corrected chi connectivity index (χ3v) is 4.77. The first-order valence-electron chi connectivity index (χ1n) is 7.72. The molecule has 1 unspecified atom stereocenters. The van der Waals surface area contributed by atoms with E-state index in [0.717, 1.165) is 30.9 Å². The van der Waals surface area contributed by atoms with Gasteiger partial charge in [-0.15, -0.1) is 11.8 Å². The number of thioether (sulfide) groups is 1. The monoisotopic (exact) mass is 328 g/mol. The van der Waals surface area contributed by atoms with Gasteiger partial charge in [0.25, 0.3) is 0 Å². The SMILES string of the molecule is CSc1ccc(NC(=O)C2CCCN(c3cnccn3)C2)cc1. The number of aromatic nitrogens is 2. The van der Waals surface area contributed by atoms with Gasteiger partial charge >= 0.3 is 0 Å². The average molecular weight is 328 g/mol. The van der Waals surface area contributed by atoms with Crippen molar-refractivity contribution >= 4 is 29.2 Å². The predicted octanol–water partition coefficient (Wildman–Crippen LogP) is 3.05. The van der Waals surface area contributed by atoms with Crippen molar-refractivity contribution in [1.82, 2.24) is 9.97 Å². The molecule has 3 rings (SSSR count). The minimum Gasteiger partial charge on any atom is -0.355 e. The Balaban J connectivity index is 1.62. The molecule has 23 heavy (non-hydrogen) atoms. The molecule has 0 saturated carbocycles. The van der Waals surface area contributed by atoms with Crippen LogP contribution in [0, 0.1) is 5.92 Å². The first-order chi connectivity index (χ1) is 11.3. The largest absolute Gasteiger partial charge is 0.355 e. The van der Waals surface area contributed by atoms with E-state index in [1.165, 1.54) is 4.90 Å². The maximum absolute atomic E-state index is 12.5. The lowest BCUT2D eigenvalue weighted by Crippen LogP contribution is -2.41. The van der Waals surface area contributed by atoms with Gasteiger partial charge < -0.3 is 10.2 Å². The second-order valence-electron chi connectivity index (χ2n) is 5.57. The van der Waals surface area contributed by atoms with Crippen molar-refractivity contribution in [2.45, 2.75) is 17.7 Å². The number of anilines is 2. The molecule has 2 aromatic rings. The van der Waals surface area contributed by atoms with Crippen molar-refractivity contribution < 1.29 is 4.79 Å². The molecule has 6 heteroatoms. The minimum atomic E-state index is -0.0222. The van der Waals surface area contributed by atoms with E-state index in [4.69, 9.17) is 0 Å². The molecule has 1 aromatic carbocycles. The fourth-order valence-electron chi connectivity index (χ4n) is 2.77. The van der Waals surface area contributed by atoms with Gasteiger partial charge in [-0.25, -0.2) is 4.98 Å². The Kier molecular flexibility index (Phi) is 5.12. The molecule has 0 bridgehead atoms. The molecule has 0 aliphatic carbocycles. The third-order valence-electron chi connectivity index (χ3n) is 4.02. The number of benzene rings is 1. The fourth-order valence-corrected chi connectivity index (χ4v) is 3.18. The summed E-state index contributed by atoms with van der Waals surface area (Å²) in [6.07, 6.45) is 9.03. The van der Waals surface area contributed by atoms with Crippen molar-refractivity contribution in [2.24, 2.45) is 5.92 Å². The summed E-state index contributed by atoms with van der Waals surface area (Å²) < 4.78 is 0. The molecule has 1 saturated heterocycles. The van der Waals surface area contributed by atoms with Crippen LogP contribution >= 0.6 is 11.8 Å². The maximum Gasteiger partial charge on any atom is 0.229 e. The number of carbonyl (C=O) groups is 1. The summed E-state index contributed by atoms with van der Waals surface area (Å²) in [4.78, 5) is 24.3. The van der Waals surface area contributed by atoms with Gasteiger partial charge in [-0.3, -0.25) is 9.78 Å². The molecule has 1 aliphatic heterocycles. The first-order valence-corrected chi connectivity index (χ1v) is 8.94. The Morgan fingerprint density at radius 3 is 2.83 bits per heavy atom. The Morgan fingerprint density at radius 2 is 2.13 bits per heavy atom. The molecule has 1 aliphatic rings. The molecular weight excluding hydrogens is 308 g/mol. The molecule has 2 heterocycles. The first kappa shape index (κ1) is 15.8. The van der Waals surface area contributed by atoms with E-state index in [1.807, 2.05) is 30.5 Å². The lowest BCUT2D eigenvalue weighted by Gasteiger charge is -2.32. The van der Waals surface area contributed by atoms with Gasteiger partial charge in [-0.2, -0.15) is 0 Å². The summed E-state index contributed by atoms with van der Waals surface area (Å²) in [5.74, 6) is 0.899. The topological polar surface area (TPSA) is 58.1 Å². The van der Waals surface area contributed by atoms with Gasteiger partial charge in [0, 0.05) is 36.1 Å². The van der Waals surface area contributed by atoms with Crippen LogP contribution in [0.25, 0.3) is 0 Å². The summed E-state index contributed by atoms with van der Waals surface area (Å²) in [5, 5.41) is 3.02. The van der Waals surface area contributed by atoms with Crippen LogP contribution in [0.5, 0.6) is 0 Å². The van der Waals surface area contributed by atoms with E-state index in [1.54, 1.807) is 30.4 Å². The Hall–Kier alpha value is -2.08.